The van der Waals surface area contributed by atoms with Gasteiger partial charge in [0.2, 0.25) is 0 Å². The molecule has 2 atom stereocenters. The molecule has 3 aromatic carbocycles. The highest BCUT2D eigenvalue weighted by molar-refractivity contribution is 6.32. The Labute approximate surface area is 266 Å². The van der Waals surface area contributed by atoms with Crippen molar-refractivity contribution in [3.8, 4) is 28.7 Å². The Balaban J connectivity index is 1.45. The van der Waals surface area contributed by atoms with E-state index in [0.717, 1.165) is 35.1 Å². The normalized spacial score (nSPS) is 20.2. The monoisotopic (exact) mass is 628 g/mol. The smallest absolute Gasteiger partial charge is 0.326 e. The third-order valence-electron chi connectivity index (χ3n) is 8.12. The van der Waals surface area contributed by atoms with Gasteiger partial charge in [-0.1, -0.05) is 60.2 Å². The van der Waals surface area contributed by atoms with Crippen molar-refractivity contribution in [1.29, 1.82) is 5.26 Å². The molecule has 0 bridgehead atoms. The molecule has 3 aromatic rings. The van der Waals surface area contributed by atoms with Gasteiger partial charge in [0.1, 0.15) is 35.6 Å². The number of nitrogens with zero attached hydrogens (tertiary/aromatic N) is 1. The topological polar surface area (TPSA) is 112 Å². The van der Waals surface area contributed by atoms with Crippen LogP contribution in [0, 0.1) is 17.1 Å². The molecule has 0 amide bonds. The fourth-order valence-electron chi connectivity index (χ4n) is 5.47. The van der Waals surface area contributed by atoms with Crippen molar-refractivity contribution < 1.29 is 28.9 Å². The molecule has 5 rings (SSSR count). The molecular formula is C36H34ClFN2O5. The molecule has 45 heavy (non-hydrogen) atoms. The molecule has 0 radical (unpaired) electrons. The van der Waals surface area contributed by atoms with Crippen LogP contribution in [-0.4, -0.2) is 34.9 Å². The van der Waals surface area contributed by atoms with Gasteiger partial charge in [-0.15, -0.1) is 0 Å². The predicted octanol–water partition coefficient (Wildman–Crippen LogP) is 7.24. The lowest BCUT2D eigenvalue weighted by Gasteiger charge is -2.25. The number of carboxylic acids is 1. The Kier molecular flexibility index (Phi) is 10.0. The molecular weight excluding hydrogens is 595 g/mol. The van der Waals surface area contributed by atoms with E-state index in [4.69, 9.17) is 21.1 Å². The van der Waals surface area contributed by atoms with E-state index < -0.39 is 18.1 Å². The average Bonchev–Trinajstić information content (AvgIpc) is 3.44. The van der Waals surface area contributed by atoms with E-state index in [2.05, 4.69) is 11.4 Å². The van der Waals surface area contributed by atoms with E-state index in [1.54, 1.807) is 36.4 Å². The molecule has 0 saturated carbocycles. The number of aliphatic hydroxyl groups is 1. The lowest BCUT2D eigenvalue weighted by Crippen LogP contribution is -2.52. The first-order valence-electron chi connectivity index (χ1n) is 14.8. The van der Waals surface area contributed by atoms with Gasteiger partial charge in [0.05, 0.1) is 23.3 Å². The average molecular weight is 629 g/mol. The van der Waals surface area contributed by atoms with Crippen LogP contribution < -0.4 is 14.8 Å². The zero-order valence-electron chi connectivity index (χ0n) is 24.9. The van der Waals surface area contributed by atoms with E-state index in [9.17, 15) is 24.7 Å². The molecule has 9 heteroatoms. The van der Waals surface area contributed by atoms with E-state index in [1.165, 1.54) is 13.0 Å². The number of rotatable bonds is 11. The lowest BCUT2D eigenvalue weighted by molar-refractivity contribution is -0.145. The first-order valence-corrected chi connectivity index (χ1v) is 15.2. The number of nitriles is 1. The number of benzene rings is 3. The summed E-state index contributed by atoms with van der Waals surface area (Å²) in [4.78, 5) is 11.8. The van der Waals surface area contributed by atoms with Crippen molar-refractivity contribution in [2.24, 2.45) is 0 Å². The van der Waals surface area contributed by atoms with E-state index in [-0.39, 0.29) is 25.1 Å². The molecule has 2 aliphatic carbocycles. The van der Waals surface area contributed by atoms with Gasteiger partial charge in [-0.05, 0) is 79.2 Å². The molecule has 3 N–H and O–H groups in total. The molecule has 0 aliphatic heterocycles. The Hall–Kier alpha value is -4.42. The Bertz CT molecular complexity index is 1730. The van der Waals surface area contributed by atoms with Gasteiger partial charge in [-0.2, -0.15) is 5.26 Å². The van der Waals surface area contributed by atoms with Crippen LogP contribution >= 0.6 is 11.6 Å². The number of hydrogen-bond donors (Lipinski definition) is 3. The zero-order valence-corrected chi connectivity index (χ0v) is 25.6. The molecule has 2 aliphatic rings. The van der Waals surface area contributed by atoms with Gasteiger partial charge in [-0.25, -0.2) is 4.39 Å². The minimum absolute atomic E-state index is 0.0397. The van der Waals surface area contributed by atoms with Crippen LogP contribution in [0.2, 0.25) is 5.02 Å². The summed E-state index contributed by atoms with van der Waals surface area (Å²) in [5.74, 6) is -0.682. The number of nitrogens with one attached hydrogen (secondary N) is 1. The van der Waals surface area contributed by atoms with Crippen LogP contribution in [-0.2, 0) is 17.8 Å². The van der Waals surface area contributed by atoms with Crippen LogP contribution in [0.5, 0.6) is 11.5 Å². The molecule has 0 heterocycles. The van der Waals surface area contributed by atoms with Crippen molar-refractivity contribution >= 4 is 17.6 Å². The van der Waals surface area contributed by atoms with Crippen LogP contribution in [0.25, 0.3) is 11.1 Å². The summed E-state index contributed by atoms with van der Waals surface area (Å²) in [5, 5.41) is 32.0. The first kappa shape index (κ1) is 32.0. The number of carboxylic acid groups (broad SMARTS) is 1. The number of aliphatic hydroxyl groups excluding tert-OH is 1. The Morgan fingerprint density at radius 2 is 1.96 bits per heavy atom. The summed E-state index contributed by atoms with van der Waals surface area (Å²) in [6, 6.07) is 18.0. The molecule has 7 nitrogen and oxygen atoms in total. The highest BCUT2D eigenvalue weighted by Crippen LogP contribution is 2.43. The summed E-state index contributed by atoms with van der Waals surface area (Å²) in [7, 11) is 0. The summed E-state index contributed by atoms with van der Waals surface area (Å²) >= 11 is 6.74. The third-order valence-corrected chi connectivity index (χ3v) is 8.42. The molecule has 0 aromatic heterocycles. The van der Waals surface area contributed by atoms with E-state index in [1.807, 2.05) is 36.4 Å². The third kappa shape index (κ3) is 7.29. The van der Waals surface area contributed by atoms with Gasteiger partial charge in [0.15, 0.2) is 0 Å². The standard InChI is InChI=1S/C36H34ClFN2O5/c1-36(22-41,35(42)43)40-20-25-17-30(37)34(18-33(25)44-21-24-9-4-2-3-8-23(16-24)19-39)45-32-15-14-27-26(11-7-12-29(27)32)28-10-5-6-13-31(28)38/h3,5-13,16-18,32,40-41H,2,4,14-15,20-22H2,1H3,(H,42,43)/b8-3+,23-16+,24-9+/t32?,36-/m0/s1. The maximum Gasteiger partial charge on any atom is 0.326 e. The molecule has 0 fully saturated rings. The van der Waals surface area contributed by atoms with Crippen molar-refractivity contribution in [2.45, 2.75) is 50.8 Å². The first-order chi connectivity index (χ1) is 21.7. The number of ether oxygens (including phenoxy) is 2. The van der Waals surface area contributed by atoms with Gasteiger partial charge in [-0.3, -0.25) is 10.1 Å². The molecule has 0 spiro atoms. The second kappa shape index (κ2) is 14.1. The fourth-order valence-corrected chi connectivity index (χ4v) is 5.70. The highest BCUT2D eigenvalue weighted by Gasteiger charge is 2.32. The summed E-state index contributed by atoms with van der Waals surface area (Å²) in [6.45, 7) is 0.967. The second-order valence-corrected chi connectivity index (χ2v) is 11.7. The number of fused-ring (bicyclic) bond motifs is 1. The van der Waals surface area contributed by atoms with Crippen molar-refractivity contribution in [3.63, 3.8) is 0 Å². The van der Waals surface area contributed by atoms with Gasteiger partial charge >= 0.3 is 5.97 Å². The zero-order chi connectivity index (χ0) is 32.0. The quantitative estimate of drug-likeness (QED) is 0.205. The minimum Gasteiger partial charge on any atom is -0.488 e. The Morgan fingerprint density at radius 3 is 2.71 bits per heavy atom. The lowest BCUT2D eigenvalue weighted by atomic mass is 9.96. The SMILES string of the molecule is C[C@@](CO)(NCc1cc(Cl)c(OC2CCc3c(-c4ccccc4F)cccc32)cc1OCC1=C/CC/C=C/C(C#N)=C\1)C(=O)O. The summed E-state index contributed by atoms with van der Waals surface area (Å²) in [5.41, 5.74) is 3.70. The van der Waals surface area contributed by atoms with Crippen LogP contribution in [0.4, 0.5) is 4.39 Å². The van der Waals surface area contributed by atoms with Gasteiger partial charge in [0, 0.05) is 23.7 Å². The van der Waals surface area contributed by atoms with Crippen LogP contribution in [0.3, 0.4) is 0 Å². The van der Waals surface area contributed by atoms with Crippen LogP contribution in [0.15, 0.2) is 90.0 Å². The maximum absolute atomic E-state index is 14.7. The molecule has 232 valence electrons. The number of hydrogen-bond acceptors (Lipinski definition) is 6. The van der Waals surface area contributed by atoms with Gasteiger partial charge < -0.3 is 19.7 Å². The second-order valence-electron chi connectivity index (χ2n) is 11.3. The fraction of sp³-hybridized carbons (Fsp3) is 0.278. The largest absolute Gasteiger partial charge is 0.488 e. The number of carbonyl (C=O) groups is 1. The van der Waals surface area contributed by atoms with Crippen molar-refractivity contribution in [2.75, 3.05) is 13.2 Å². The van der Waals surface area contributed by atoms with E-state index in [0.29, 0.717) is 46.1 Å². The Morgan fingerprint density at radius 1 is 1.16 bits per heavy atom. The number of halogens is 2. The van der Waals surface area contributed by atoms with Gasteiger partial charge in [0.25, 0.3) is 0 Å². The van der Waals surface area contributed by atoms with Crippen molar-refractivity contribution in [1.82, 2.24) is 5.32 Å². The summed E-state index contributed by atoms with van der Waals surface area (Å²) < 4.78 is 27.4. The molecule has 1 unspecified atom stereocenters. The minimum atomic E-state index is -1.58. The number of aliphatic carboxylic acids is 1. The number of allylic oxidation sites excluding steroid dienone is 4. The van der Waals surface area contributed by atoms with E-state index >= 15 is 0 Å². The maximum atomic E-state index is 14.7. The molecule has 0 saturated heterocycles. The van der Waals surface area contributed by atoms with Crippen molar-refractivity contribution in [3.05, 3.63) is 118 Å². The summed E-state index contributed by atoms with van der Waals surface area (Å²) in [6.07, 6.45) is 10.2. The predicted molar refractivity (Wildman–Crippen MR) is 171 cm³/mol. The van der Waals surface area contributed by atoms with Crippen LogP contribution in [0.1, 0.15) is 49.0 Å². The highest BCUT2D eigenvalue weighted by atomic mass is 35.5.